The molecule has 2 amide bonds. The summed E-state index contributed by atoms with van der Waals surface area (Å²) < 4.78 is 10.7. The Balaban J connectivity index is 1.59. The van der Waals surface area contributed by atoms with Gasteiger partial charge >= 0.3 is 5.97 Å². The molecule has 0 unspecified atom stereocenters. The molecule has 0 saturated heterocycles. The van der Waals surface area contributed by atoms with E-state index in [9.17, 15) is 14.4 Å². The van der Waals surface area contributed by atoms with E-state index in [1.54, 1.807) is 47.8 Å². The topological polar surface area (TPSA) is 81.7 Å². The molecule has 7 heteroatoms. The second-order valence-corrected chi connectivity index (χ2v) is 6.29. The molecular formula is C20H15NO5S. The SMILES string of the molecule is O=C(COC(=O)c1ccccc1Oc1ccccc1)NC(=O)c1cccs1. The standard InChI is InChI=1S/C20H15NO5S/c22-18(21-19(23)17-11-6-12-27-17)13-25-20(24)15-9-4-5-10-16(15)26-14-7-2-1-3-8-14/h1-12H,13H2,(H,21,22,23). The van der Waals surface area contributed by atoms with Gasteiger partial charge in [-0.1, -0.05) is 36.4 Å². The Morgan fingerprint density at radius 2 is 1.63 bits per heavy atom. The van der Waals surface area contributed by atoms with E-state index in [0.717, 1.165) is 0 Å². The van der Waals surface area contributed by atoms with Crippen LogP contribution in [0.4, 0.5) is 0 Å². The number of amides is 2. The highest BCUT2D eigenvalue weighted by molar-refractivity contribution is 7.12. The van der Waals surface area contributed by atoms with E-state index in [1.807, 2.05) is 18.2 Å². The summed E-state index contributed by atoms with van der Waals surface area (Å²) in [4.78, 5) is 36.3. The van der Waals surface area contributed by atoms with E-state index in [1.165, 1.54) is 17.4 Å². The van der Waals surface area contributed by atoms with Crippen molar-refractivity contribution in [3.8, 4) is 11.5 Å². The predicted molar refractivity (Wildman–Crippen MR) is 100 cm³/mol. The summed E-state index contributed by atoms with van der Waals surface area (Å²) >= 11 is 1.21. The third-order valence-corrected chi connectivity index (χ3v) is 4.28. The van der Waals surface area contributed by atoms with Gasteiger partial charge in [0.05, 0.1) is 4.88 Å². The summed E-state index contributed by atoms with van der Waals surface area (Å²) in [6, 6.07) is 18.8. The van der Waals surface area contributed by atoms with Crippen LogP contribution in [0.1, 0.15) is 20.0 Å². The largest absolute Gasteiger partial charge is 0.456 e. The fourth-order valence-electron chi connectivity index (χ4n) is 2.18. The lowest BCUT2D eigenvalue weighted by atomic mass is 10.2. The number of nitrogens with one attached hydrogen (secondary N) is 1. The molecule has 1 N–H and O–H groups in total. The number of hydrogen-bond acceptors (Lipinski definition) is 6. The summed E-state index contributed by atoms with van der Waals surface area (Å²) in [5.41, 5.74) is 0.179. The van der Waals surface area contributed by atoms with Crippen LogP contribution in [0.2, 0.25) is 0 Å². The molecule has 1 aromatic heterocycles. The Labute approximate surface area is 159 Å². The van der Waals surface area contributed by atoms with Crippen molar-refractivity contribution in [2.45, 2.75) is 0 Å². The number of para-hydroxylation sites is 2. The molecule has 0 spiro atoms. The van der Waals surface area contributed by atoms with Gasteiger partial charge in [0, 0.05) is 0 Å². The molecule has 3 aromatic rings. The maximum absolute atomic E-state index is 12.3. The van der Waals surface area contributed by atoms with Gasteiger partial charge in [0.25, 0.3) is 11.8 Å². The first-order valence-electron chi connectivity index (χ1n) is 8.00. The van der Waals surface area contributed by atoms with Crippen LogP contribution >= 0.6 is 11.3 Å². The highest BCUT2D eigenvalue weighted by Gasteiger charge is 2.17. The number of carbonyl (C=O) groups excluding carboxylic acids is 3. The molecule has 2 aromatic carbocycles. The Hall–Kier alpha value is -3.45. The maximum Gasteiger partial charge on any atom is 0.342 e. The van der Waals surface area contributed by atoms with Gasteiger partial charge in [-0.15, -0.1) is 11.3 Å². The minimum Gasteiger partial charge on any atom is -0.456 e. The van der Waals surface area contributed by atoms with Crippen molar-refractivity contribution in [3.63, 3.8) is 0 Å². The predicted octanol–water partition coefficient (Wildman–Crippen LogP) is 3.65. The van der Waals surface area contributed by atoms with E-state index < -0.39 is 24.4 Å². The van der Waals surface area contributed by atoms with E-state index in [4.69, 9.17) is 9.47 Å². The first-order valence-corrected chi connectivity index (χ1v) is 8.88. The number of imide groups is 1. The van der Waals surface area contributed by atoms with Crippen LogP contribution in [0.5, 0.6) is 11.5 Å². The summed E-state index contributed by atoms with van der Waals surface area (Å²) in [5, 5.41) is 3.89. The Kier molecular flexibility index (Phi) is 5.96. The number of esters is 1. The summed E-state index contributed by atoms with van der Waals surface area (Å²) in [6.07, 6.45) is 0. The zero-order valence-electron chi connectivity index (χ0n) is 14.1. The third kappa shape index (κ3) is 5.02. The van der Waals surface area contributed by atoms with Gasteiger partial charge in [-0.05, 0) is 35.7 Å². The molecule has 6 nitrogen and oxygen atoms in total. The molecule has 0 fully saturated rings. The molecule has 0 radical (unpaired) electrons. The van der Waals surface area contributed by atoms with Crippen LogP contribution in [0.15, 0.2) is 72.1 Å². The lowest BCUT2D eigenvalue weighted by Crippen LogP contribution is -2.33. The summed E-state index contributed by atoms with van der Waals surface area (Å²) in [5.74, 6) is -1.08. The van der Waals surface area contributed by atoms with Gasteiger partial charge in [-0.2, -0.15) is 0 Å². The monoisotopic (exact) mass is 381 g/mol. The smallest absolute Gasteiger partial charge is 0.342 e. The highest BCUT2D eigenvalue weighted by Crippen LogP contribution is 2.25. The summed E-state index contributed by atoms with van der Waals surface area (Å²) in [7, 11) is 0. The fourth-order valence-corrected chi connectivity index (χ4v) is 2.80. The molecule has 0 aliphatic rings. The maximum atomic E-state index is 12.3. The molecule has 0 aliphatic carbocycles. The van der Waals surface area contributed by atoms with Crippen LogP contribution in [-0.2, 0) is 9.53 Å². The first kappa shape index (κ1) is 18.3. The number of carbonyl (C=O) groups is 3. The second kappa shape index (κ2) is 8.77. The molecular weight excluding hydrogens is 366 g/mol. The van der Waals surface area contributed by atoms with Crippen molar-refractivity contribution in [2.24, 2.45) is 0 Å². The van der Waals surface area contributed by atoms with Crippen LogP contribution in [0.3, 0.4) is 0 Å². The quantitative estimate of drug-likeness (QED) is 0.659. The average molecular weight is 381 g/mol. The van der Waals surface area contributed by atoms with Crippen LogP contribution in [0, 0.1) is 0 Å². The van der Waals surface area contributed by atoms with Gasteiger partial charge in [-0.25, -0.2) is 4.79 Å². The van der Waals surface area contributed by atoms with Crippen molar-refractivity contribution in [3.05, 3.63) is 82.6 Å². The summed E-state index contributed by atoms with van der Waals surface area (Å²) in [6.45, 7) is -0.574. The fraction of sp³-hybridized carbons (Fsp3) is 0.0500. The molecule has 0 bridgehead atoms. The molecule has 0 saturated carbocycles. The first-order chi connectivity index (χ1) is 13.1. The van der Waals surface area contributed by atoms with Crippen molar-refractivity contribution in [1.29, 1.82) is 0 Å². The number of hydrogen-bond donors (Lipinski definition) is 1. The van der Waals surface area contributed by atoms with Gasteiger partial charge in [0.15, 0.2) is 6.61 Å². The number of rotatable bonds is 6. The van der Waals surface area contributed by atoms with Crippen molar-refractivity contribution in [2.75, 3.05) is 6.61 Å². The average Bonchev–Trinajstić information content (AvgIpc) is 3.22. The van der Waals surface area contributed by atoms with Crippen molar-refractivity contribution < 1.29 is 23.9 Å². The zero-order chi connectivity index (χ0) is 19.1. The molecule has 136 valence electrons. The van der Waals surface area contributed by atoms with E-state index in [0.29, 0.717) is 16.4 Å². The number of ether oxygens (including phenoxy) is 2. The minimum absolute atomic E-state index is 0.179. The van der Waals surface area contributed by atoms with Gasteiger partial charge in [0.2, 0.25) is 0 Å². The molecule has 0 atom stereocenters. The van der Waals surface area contributed by atoms with E-state index in [2.05, 4.69) is 5.32 Å². The van der Waals surface area contributed by atoms with E-state index >= 15 is 0 Å². The third-order valence-electron chi connectivity index (χ3n) is 3.41. The minimum atomic E-state index is -0.722. The van der Waals surface area contributed by atoms with Crippen molar-refractivity contribution >= 4 is 29.1 Å². The van der Waals surface area contributed by atoms with Gasteiger partial charge in [0.1, 0.15) is 17.1 Å². The lowest BCUT2D eigenvalue weighted by Gasteiger charge is -2.10. The van der Waals surface area contributed by atoms with Crippen LogP contribution in [0.25, 0.3) is 0 Å². The Morgan fingerprint density at radius 3 is 2.37 bits per heavy atom. The highest BCUT2D eigenvalue weighted by atomic mass is 32.1. The molecule has 0 aliphatic heterocycles. The van der Waals surface area contributed by atoms with Gasteiger partial charge < -0.3 is 9.47 Å². The van der Waals surface area contributed by atoms with Crippen LogP contribution < -0.4 is 10.1 Å². The Morgan fingerprint density at radius 1 is 0.889 bits per heavy atom. The van der Waals surface area contributed by atoms with Gasteiger partial charge in [-0.3, -0.25) is 14.9 Å². The number of benzene rings is 2. The van der Waals surface area contributed by atoms with Crippen molar-refractivity contribution in [1.82, 2.24) is 5.32 Å². The Bertz CT molecular complexity index is 938. The normalized spacial score (nSPS) is 10.1. The van der Waals surface area contributed by atoms with Crippen LogP contribution in [-0.4, -0.2) is 24.4 Å². The van der Waals surface area contributed by atoms with E-state index in [-0.39, 0.29) is 5.56 Å². The second-order valence-electron chi connectivity index (χ2n) is 5.34. The lowest BCUT2D eigenvalue weighted by molar-refractivity contribution is -0.123. The molecule has 3 rings (SSSR count). The number of thiophene rings is 1. The molecule has 27 heavy (non-hydrogen) atoms. The zero-order valence-corrected chi connectivity index (χ0v) is 14.9. The molecule has 1 heterocycles.